The predicted molar refractivity (Wildman–Crippen MR) is 47.6 cm³/mol. The Balaban J connectivity index is 2.77. The number of H-pyrrole nitrogens is 1. The van der Waals surface area contributed by atoms with Crippen molar-refractivity contribution in [1.29, 1.82) is 0 Å². The first-order chi connectivity index (χ1) is 6.22. The van der Waals surface area contributed by atoms with Crippen molar-refractivity contribution in [3.8, 4) is 5.75 Å². The summed E-state index contributed by atoms with van der Waals surface area (Å²) in [6.45, 7) is 0. The Morgan fingerprint density at radius 3 is 3.00 bits per heavy atom. The van der Waals surface area contributed by atoms with Gasteiger partial charge in [-0.1, -0.05) is 11.6 Å². The van der Waals surface area contributed by atoms with E-state index in [1.54, 1.807) is 0 Å². The first-order valence-electron chi connectivity index (χ1n) is 3.59. The molecule has 1 aromatic carbocycles. The fourth-order valence-electron chi connectivity index (χ4n) is 1.14. The number of aromatic nitrogens is 2. The monoisotopic (exact) mass is 200 g/mol. The van der Waals surface area contributed by atoms with Crippen LogP contribution in [0.2, 0.25) is 5.15 Å². The highest BCUT2D eigenvalue weighted by Gasteiger charge is 2.09. The summed E-state index contributed by atoms with van der Waals surface area (Å²) in [5, 5.41) is 7.39. The van der Waals surface area contributed by atoms with Crippen LogP contribution in [0.25, 0.3) is 10.9 Å². The molecule has 13 heavy (non-hydrogen) atoms. The normalized spacial score (nSPS) is 10.7. The Bertz CT molecular complexity index is 455. The summed E-state index contributed by atoms with van der Waals surface area (Å²) in [5.41, 5.74) is 0.489. The number of methoxy groups -OCH3 is 1. The molecule has 1 aromatic heterocycles. The second kappa shape index (κ2) is 2.88. The molecular weight excluding hydrogens is 195 g/mol. The number of rotatable bonds is 1. The number of hydrogen-bond acceptors (Lipinski definition) is 2. The number of ether oxygens (including phenoxy) is 1. The first kappa shape index (κ1) is 8.31. The van der Waals surface area contributed by atoms with Crippen molar-refractivity contribution in [2.45, 2.75) is 0 Å². The van der Waals surface area contributed by atoms with E-state index in [-0.39, 0.29) is 5.75 Å². The Morgan fingerprint density at radius 2 is 2.31 bits per heavy atom. The van der Waals surface area contributed by atoms with Crippen molar-refractivity contribution in [3.05, 3.63) is 23.1 Å². The minimum absolute atomic E-state index is 0.163. The minimum atomic E-state index is -0.446. The van der Waals surface area contributed by atoms with Gasteiger partial charge in [-0.3, -0.25) is 5.10 Å². The maximum absolute atomic E-state index is 13.1. The largest absolute Gasteiger partial charge is 0.494 e. The lowest BCUT2D eigenvalue weighted by Crippen LogP contribution is -1.87. The van der Waals surface area contributed by atoms with Crippen LogP contribution in [0.5, 0.6) is 5.75 Å². The average molecular weight is 201 g/mol. The third-order valence-electron chi connectivity index (χ3n) is 1.78. The number of fused-ring (bicyclic) bond motifs is 1. The Hall–Kier alpha value is -1.29. The van der Waals surface area contributed by atoms with Gasteiger partial charge in [-0.05, 0) is 6.07 Å². The van der Waals surface area contributed by atoms with Crippen LogP contribution < -0.4 is 4.74 Å². The maximum atomic E-state index is 13.1. The second-order valence-electron chi connectivity index (χ2n) is 2.54. The Morgan fingerprint density at radius 1 is 1.54 bits per heavy atom. The lowest BCUT2D eigenvalue weighted by atomic mass is 10.2. The van der Waals surface area contributed by atoms with Gasteiger partial charge in [-0.15, -0.1) is 0 Å². The third kappa shape index (κ3) is 1.23. The van der Waals surface area contributed by atoms with Crippen LogP contribution in [-0.2, 0) is 0 Å². The van der Waals surface area contributed by atoms with Gasteiger partial charge in [-0.2, -0.15) is 5.10 Å². The predicted octanol–water partition coefficient (Wildman–Crippen LogP) is 2.36. The molecule has 0 saturated heterocycles. The molecule has 0 bridgehead atoms. The van der Waals surface area contributed by atoms with Gasteiger partial charge >= 0.3 is 0 Å². The van der Waals surface area contributed by atoms with Gasteiger partial charge in [0.15, 0.2) is 11.6 Å². The van der Waals surface area contributed by atoms with E-state index in [1.807, 2.05) is 0 Å². The maximum Gasteiger partial charge on any atom is 0.167 e. The summed E-state index contributed by atoms with van der Waals surface area (Å²) in [4.78, 5) is 0. The van der Waals surface area contributed by atoms with Crippen molar-refractivity contribution in [2.24, 2.45) is 0 Å². The summed E-state index contributed by atoms with van der Waals surface area (Å²) in [7, 11) is 1.40. The average Bonchev–Trinajstić information content (AvgIpc) is 2.46. The smallest absolute Gasteiger partial charge is 0.167 e. The molecule has 0 radical (unpaired) electrons. The van der Waals surface area contributed by atoms with E-state index in [4.69, 9.17) is 16.3 Å². The van der Waals surface area contributed by atoms with Gasteiger partial charge < -0.3 is 4.74 Å². The zero-order valence-corrected chi connectivity index (χ0v) is 7.52. The summed E-state index contributed by atoms with van der Waals surface area (Å²) in [6, 6.07) is 2.78. The van der Waals surface area contributed by atoms with Gasteiger partial charge in [0.1, 0.15) is 5.15 Å². The molecule has 0 unspecified atom stereocenters. The number of halogens is 2. The van der Waals surface area contributed by atoms with Gasteiger partial charge in [0, 0.05) is 11.5 Å². The van der Waals surface area contributed by atoms with Crippen LogP contribution in [0, 0.1) is 5.82 Å². The SMILES string of the molecule is COc1cc2c(Cl)[nH]nc2cc1F. The molecule has 68 valence electrons. The van der Waals surface area contributed by atoms with Crippen molar-refractivity contribution >= 4 is 22.5 Å². The molecule has 1 N–H and O–H groups in total. The lowest BCUT2D eigenvalue weighted by Gasteiger charge is -2.00. The van der Waals surface area contributed by atoms with E-state index in [0.717, 1.165) is 0 Å². The van der Waals surface area contributed by atoms with Crippen LogP contribution in [0.1, 0.15) is 0 Å². The van der Waals surface area contributed by atoms with Gasteiger partial charge in [0.2, 0.25) is 0 Å². The zero-order chi connectivity index (χ0) is 9.42. The number of benzene rings is 1. The third-order valence-corrected chi connectivity index (χ3v) is 2.07. The van der Waals surface area contributed by atoms with Crippen molar-refractivity contribution < 1.29 is 9.13 Å². The van der Waals surface area contributed by atoms with E-state index in [1.165, 1.54) is 19.2 Å². The molecule has 0 fully saturated rings. The van der Waals surface area contributed by atoms with Crippen LogP contribution in [0.3, 0.4) is 0 Å². The molecule has 0 saturated carbocycles. The molecule has 2 rings (SSSR count). The van der Waals surface area contributed by atoms with E-state index >= 15 is 0 Å². The minimum Gasteiger partial charge on any atom is -0.494 e. The van der Waals surface area contributed by atoms with Gasteiger partial charge in [0.25, 0.3) is 0 Å². The quantitative estimate of drug-likeness (QED) is 0.768. The first-order valence-corrected chi connectivity index (χ1v) is 3.97. The van der Waals surface area contributed by atoms with E-state index in [2.05, 4.69) is 10.2 Å². The molecule has 3 nitrogen and oxygen atoms in total. The molecular formula is C8H6ClFN2O. The number of aromatic amines is 1. The molecule has 0 aliphatic heterocycles. The highest BCUT2D eigenvalue weighted by atomic mass is 35.5. The highest BCUT2D eigenvalue weighted by molar-refractivity contribution is 6.34. The van der Waals surface area contributed by atoms with Crippen molar-refractivity contribution in [2.75, 3.05) is 7.11 Å². The van der Waals surface area contributed by atoms with Crippen molar-refractivity contribution in [3.63, 3.8) is 0 Å². The van der Waals surface area contributed by atoms with Gasteiger partial charge in [-0.25, -0.2) is 4.39 Å². The molecule has 5 heteroatoms. The molecule has 0 aliphatic rings. The van der Waals surface area contributed by atoms with Gasteiger partial charge in [0.05, 0.1) is 12.6 Å². The summed E-state index contributed by atoms with van der Waals surface area (Å²) >= 11 is 5.76. The van der Waals surface area contributed by atoms with Crippen LogP contribution >= 0.6 is 11.6 Å². The van der Waals surface area contributed by atoms with E-state index < -0.39 is 5.82 Å². The second-order valence-corrected chi connectivity index (χ2v) is 2.92. The van der Waals surface area contributed by atoms with Crippen LogP contribution in [0.15, 0.2) is 12.1 Å². The summed E-state index contributed by atoms with van der Waals surface area (Å²) in [6.07, 6.45) is 0. The molecule has 0 atom stereocenters. The fraction of sp³-hybridized carbons (Fsp3) is 0.125. The Labute approximate surface area is 78.5 Å². The number of hydrogen-bond donors (Lipinski definition) is 1. The highest BCUT2D eigenvalue weighted by Crippen LogP contribution is 2.27. The molecule has 0 spiro atoms. The molecule has 0 amide bonds. The Kier molecular flexibility index (Phi) is 1.84. The molecule has 2 aromatic rings. The number of nitrogens with zero attached hydrogens (tertiary/aromatic N) is 1. The molecule has 0 aliphatic carbocycles. The molecule has 1 heterocycles. The topological polar surface area (TPSA) is 37.9 Å². The fourth-order valence-corrected chi connectivity index (χ4v) is 1.33. The summed E-state index contributed by atoms with van der Waals surface area (Å²) < 4.78 is 17.9. The standard InChI is InChI=1S/C8H6ClFN2O/c1-13-7-2-4-6(3-5(7)10)11-12-8(4)9/h2-3H,1H3,(H,11,12). The zero-order valence-electron chi connectivity index (χ0n) is 6.77. The van der Waals surface area contributed by atoms with E-state index in [9.17, 15) is 4.39 Å². The van der Waals surface area contributed by atoms with Crippen LogP contribution in [0.4, 0.5) is 4.39 Å². The van der Waals surface area contributed by atoms with Crippen LogP contribution in [-0.4, -0.2) is 17.3 Å². The summed E-state index contributed by atoms with van der Waals surface area (Å²) in [5.74, 6) is -0.283. The van der Waals surface area contributed by atoms with Crippen molar-refractivity contribution in [1.82, 2.24) is 10.2 Å². The lowest BCUT2D eigenvalue weighted by molar-refractivity contribution is 0.387. The number of nitrogens with one attached hydrogen (secondary N) is 1. The van der Waals surface area contributed by atoms with E-state index in [0.29, 0.717) is 16.1 Å².